The summed E-state index contributed by atoms with van der Waals surface area (Å²) >= 11 is 0. The van der Waals surface area contributed by atoms with Crippen LogP contribution in [0, 0.1) is 19.7 Å². The highest BCUT2D eigenvalue weighted by atomic mass is 19.1. The summed E-state index contributed by atoms with van der Waals surface area (Å²) in [6.45, 7) is 3.93. The van der Waals surface area contributed by atoms with E-state index in [0.717, 1.165) is 16.7 Å². The lowest BCUT2D eigenvalue weighted by Gasteiger charge is -2.14. The summed E-state index contributed by atoms with van der Waals surface area (Å²) in [4.78, 5) is 0. The standard InChI is InChI=1S/C15H16FN/c1-10-8-13(12-6-4-3-5-7-12)14(9-17)11(2)15(10)16/h3-8H,9,17H2,1-2H3. The highest BCUT2D eigenvalue weighted by molar-refractivity contribution is 5.69. The summed E-state index contributed by atoms with van der Waals surface area (Å²) < 4.78 is 13.8. The third kappa shape index (κ3) is 2.08. The Morgan fingerprint density at radius 3 is 2.35 bits per heavy atom. The molecule has 2 heteroatoms. The van der Waals surface area contributed by atoms with Crippen molar-refractivity contribution < 1.29 is 4.39 Å². The van der Waals surface area contributed by atoms with Crippen LogP contribution in [0.15, 0.2) is 36.4 Å². The zero-order chi connectivity index (χ0) is 12.4. The van der Waals surface area contributed by atoms with Gasteiger partial charge in [0, 0.05) is 6.54 Å². The van der Waals surface area contributed by atoms with Crippen LogP contribution in [-0.4, -0.2) is 0 Å². The van der Waals surface area contributed by atoms with Crippen molar-refractivity contribution in [1.82, 2.24) is 0 Å². The van der Waals surface area contributed by atoms with E-state index in [9.17, 15) is 4.39 Å². The topological polar surface area (TPSA) is 26.0 Å². The Balaban J connectivity index is 2.70. The highest BCUT2D eigenvalue weighted by Crippen LogP contribution is 2.29. The number of hydrogen-bond donors (Lipinski definition) is 1. The summed E-state index contributed by atoms with van der Waals surface area (Å²) in [7, 11) is 0. The molecule has 0 amide bonds. The van der Waals surface area contributed by atoms with Gasteiger partial charge in [0.2, 0.25) is 0 Å². The molecule has 0 fully saturated rings. The fourth-order valence-corrected chi connectivity index (χ4v) is 2.14. The van der Waals surface area contributed by atoms with Gasteiger partial charge in [-0.3, -0.25) is 0 Å². The lowest BCUT2D eigenvalue weighted by molar-refractivity contribution is 0.606. The second-order valence-corrected chi connectivity index (χ2v) is 4.23. The third-order valence-corrected chi connectivity index (χ3v) is 3.10. The molecule has 0 aliphatic carbocycles. The zero-order valence-corrected chi connectivity index (χ0v) is 10.1. The average molecular weight is 229 g/mol. The van der Waals surface area contributed by atoms with Crippen molar-refractivity contribution in [2.45, 2.75) is 20.4 Å². The van der Waals surface area contributed by atoms with Gasteiger partial charge in [0.1, 0.15) is 5.82 Å². The minimum Gasteiger partial charge on any atom is -0.326 e. The third-order valence-electron chi connectivity index (χ3n) is 3.10. The molecule has 17 heavy (non-hydrogen) atoms. The molecule has 2 rings (SSSR count). The van der Waals surface area contributed by atoms with E-state index >= 15 is 0 Å². The number of benzene rings is 2. The van der Waals surface area contributed by atoms with Gasteiger partial charge in [-0.1, -0.05) is 30.3 Å². The van der Waals surface area contributed by atoms with Crippen LogP contribution in [0.4, 0.5) is 4.39 Å². The largest absolute Gasteiger partial charge is 0.326 e. The fraction of sp³-hybridized carbons (Fsp3) is 0.200. The van der Waals surface area contributed by atoms with Crippen molar-refractivity contribution in [3.05, 3.63) is 58.9 Å². The number of nitrogens with two attached hydrogens (primary N) is 1. The van der Waals surface area contributed by atoms with Crippen LogP contribution in [0.2, 0.25) is 0 Å². The molecule has 88 valence electrons. The first-order valence-corrected chi connectivity index (χ1v) is 5.69. The molecule has 0 aliphatic heterocycles. The minimum absolute atomic E-state index is 0.148. The van der Waals surface area contributed by atoms with Crippen molar-refractivity contribution in [2.75, 3.05) is 0 Å². The lowest BCUT2D eigenvalue weighted by atomic mass is 9.93. The molecule has 0 saturated heterocycles. The predicted octanol–water partition coefficient (Wildman–Crippen LogP) is 3.57. The summed E-state index contributed by atoms with van der Waals surface area (Å²) in [5.41, 5.74) is 10.1. The molecule has 0 heterocycles. The van der Waals surface area contributed by atoms with Crippen LogP contribution in [0.3, 0.4) is 0 Å². The molecule has 0 spiro atoms. The first kappa shape index (κ1) is 11.8. The van der Waals surface area contributed by atoms with Crippen LogP contribution < -0.4 is 5.73 Å². The van der Waals surface area contributed by atoms with Crippen LogP contribution >= 0.6 is 0 Å². The van der Waals surface area contributed by atoms with Crippen molar-refractivity contribution in [2.24, 2.45) is 5.73 Å². The van der Waals surface area contributed by atoms with Gasteiger partial charge in [0.25, 0.3) is 0 Å². The van der Waals surface area contributed by atoms with Crippen LogP contribution in [0.5, 0.6) is 0 Å². The van der Waals surface area contributed by atoms with E-state index < -0.39 is 0 Å². The summed E-state index contributed by atoms with van der Waals surface area (Å²) in [6.07, 6.45) is 0. The molecule has 0 radical (unpaired) electrons. The van der Waals surface area contributed by atoms with E-state index in [2.05, 4.69) is 0 Å². The Morgan fingerprint density at radius 2 is 1.76 bits per heavy atom. The second kappa shape index (κ2) is 4.68. The van der Waals surface area contributed by atoms with Gasteiger partial charge >= 0.3 is 0 Å². The maximum absolute atomic E-state index is 13.8. The molecule has 0 aromatic heterocycles. The van der Waals surface area contributed by atoms with E-state index in [1.165, 1.54) is 0 Å². The van der Waals surface area contributed by atoms with Gasteiger partial charge in [-0.15, -0.1) is 0 Å². The molecule has 2 aromatic carbocycles. The first-order valence-electron chi connectivity index (χ1n) is 5.69. The Kier molecular flexibility index (Phi) is 3.25. The Hall–Kier alpha value is -1.67. The Bertz CT molecular complexity index is 532. The van der Waals surface area contributed by atoms with E-state index in [4.69, 9.17) is 5.73 Å². The number of rotatable bonds is 2. The van der Waals surface area contributed by atoms with Crippen molar-refractivity contribution in [3.63, 3.8) is 0 Å². The zero-order valence-electron chi connectivity index (χ0n) is 10.1. The van der Waals surface area contributed by atoms with Crippen molar-refractivity contribution >= 4 is 0 Å². The molecular formula is C15H16FN. The van der Waals surface area contributed by atoms with Gasteiger partial charge in [0.15, 0.2) is 0 Å². The van der Waals surface area contributed by atoms with E-state index in [-0.39, 0.29) is 5.82 Å². The fourth-order valence-electron chi connectivity index (χ4n) is 2.14. The predicted molar refractivity (Wildman–Crippen MR) is 69.2 cm³/mol. The maximum atomic E-state index is 13.8. The van der Waals surface area contributed by atoms with E-state index in [0.29, 0.717) is 17.7 Å². The molecule has 0 unspecified atom stereocenters. The SMILES string of the molecule is Cc1cc(-c2ccccc2)c(CN)c(C)c1F. The van der Waals surface area contributed by atoms with Crippen LogP contribution in [0.25, 0.3) is 11.1 Å². The monoisotopic (exact) mass is 229 g/mol. The molecule has 0 aliphatic rings. The van der Waals surface area contributed by atoms with Crippen LogP contribution in [0.1, 0.15) is 16.7 Å². The molecule has 2 aromatic rings. The molecule has 1 nitrogen and oxygen atoms in total. The van der Waals surface area contributed by atoms with Crippen LogP contribution in [-0.2, 0) is 6.54 Å². The normalized spacial score (nSPS) is 10.6. The quantitative estimate of drug-likeness (QED) is 0.837. The van der Waals surface area contributed by atoms with E-state index in [1.807, 2.05) is 36.4 Å². The van der Waals surface area contributed by atoms with Gasteiger partial charge in [-0.2, -0.15) is 0 Å². The van der Waals surface area contributed by atoms with Gasteiger partial charge in [0.05, 0.1) is 0 Å². The smallest absolute Gasteiger partial charge is 0.129 e. The van der Waals surface area contributed by atoms with Crippen molar-refractivity contribution in [1.29, 1.82) is 0 Å². The van der Waals surface area contributed by atoms with Gasteiger partial charge in [-0.25, -0.2) is 4.39 Å². The Morgan fingerprint density at radius 1 is 1.12 bits per heavy atom. The number of hydrogen-bond acceptors (Lipinski definition) is 1. The minimum atomic E-state index is -0.148. The van der Waals surface area contributed by atoms with Gasteiger partial charge < -0.3 is 5.73 Å². The molecule has 2 N–H and O–H groups in total. The molecule has 0 bridgehead atoms. The van der Waals surface area contributed by atoms with Gasteiger partial charge in [-0.05, 0) is 47.7 Å². The second-order valence-electron chi connectivity index (χ2n) is 4.23. The first-order chi connectivity index (χ1) is 8.15. The van der Waals surface area contributed by atoms with Crippen molar-refractivity contribution in [3.8, 4) is 11.1 Å². The number of halogens is 1. The maximum Gasteiger partial charge on any atom is 0.129 e. The average Bonchev–Trinajstić information content (AvgIpc) is 2.36. The summed E-state index contributed by atoms with van der Waals surface area (Å²) in [6, 6.07) is 11.8. The molecule has 0 atom stereocenters. The van der Waals surface area contributed by atoms with E-state index in [1.54, 1.807) is 13.8 Å². The molecular weight excluding hydrogens is 213 g/mol. The summed E-state index contributed by atoms with van der Waals surface area (Å²) in [5.74, 6) is -0.148. The molecule has 0 saturated carbocycles. The summed E-state index contributed by atoms with van der Waals surface area (Å²) in [5, 5.41) is 0. The highest BCUT2D eigenvalue weighted by Gasteiger charge is 2.12. The Labute approximate surface area is 101 Å². The number of aryl methyl sites for hydroxylation is 1. The lowest BCUT2D eigenvalue weighted by Crippen LogP contribution is -2.05.